The number of imidazole rings is 1. The van der Waals surface area contributed by atoms with Gasteiger partial charge in [-0.2, -0.15) is 5.26 Å². The largest absolute Gasteiger partial charge is 0.493 e. The minimum absolute atomic E-state index is 0.242. The number of piperidine rings is 1. The molecule has 6 rings (SSSR count). The van der Waals surface area contributed by atoms with E-state index < -0.39 is 0 Å². The number of benzene rings is 1. The molecule has 1 saturated heterocycles. The van der Waals surface area contributed by atoms with Gasteiger partial charge >= 0.3 is 0 Å². The van der Waals surface area contributed by atoms with Crippen LogP contribution in [0.1, 0.15) is 36.1 Å². The molecule has 1 fully saturated rings. The molecule has 3 aromatic heterocycles. The first-order valence-corrected chi connectivity index (χ1v) is 11.9. The van der Waals surface area contributed by atoms with Crippen molar-refractivity contribution in [2.75, 3.05) is 29.9 Å². The Bertz CT molecular complexity index is 1440. The van der Waals surface area contributed by atoms with Crippen LogP contribution >= 0.6 is 0 Å². The molecule has 4 aromatic rings. The molecule has 5 heterocycles. The van der Waals surface area contributed by atoms with E-state index >= 15 is 0 Å². The molecular formula is C26H24FN7O. The monoisotopic (exact) mass is 469 g/mol. The molecule has 0 atom stereocenters. The van der Waals surface area contributed by atoms with Crippen LogP contribution in [0.25, 0.3) is 16.8 Å². The lowest BCUT2D eigenvalue weighted by atomic mass is 10.0. The van der Waals surface area contributed by atoms with Crippen LogP contribution in [-0.4, -0.2) is 39.0 Å². The van der Waals surface area contributed by atoms with Gasteiger partial charge < -0.3 is 15.0 Å². The van der Waals surface area contributed by atoms with Crippen molar-refractivity contribution in [1.29, 1.82) is 5.26 Å². The number of nitrogens with zero attached hydrogens (tertiary/aromatic N) is 6. The molecule has 0 amide bonds. The van der Waals surface area contributed by atoms with E-state index in [1.807, 2.05) is 18.3 Å². The van der Waals surface area contributed by atoms with Crippen molar-refractivity contribution in [2.24, 2.45) is 0 Å². The van der Waals surface area contributed by atoms with Crippen LogP contribution in [0, 0.1) is 17.1 Å². The molecular weight excluding hydrogens is 445 g/mol. The summed E-state index contributed by atoms with van der Waals surface area (Å²) in [6.45, 7) is 2.86. The number of ether oxygens (including phenoxy) is 1. The van der Waals surface area contributed by atoms with Crippen LogP contribution in [-0.2, 0) is 13.0 Å². The number of nitrogens with one attached hydrogen (secondary N) is 1. The van der Waals surface area contributed by atoms with E-state index in [0.717, 1.165) is 41.3 Å². The fraction of sp³-hybridized carbons (Fsp3) is 0.308. The van der Waals surface area contributed by atoms with Crippen LogP contribution in [0.3, 0.4) is 0 Å². The van der Waals surface area contributed by atoms with Crippen LogP contribution in [0.5, 0.6) is 5.75 Å². The maximum atomic E-state index is 14.6. The average molecular weight is 470 g/mol. The molecule has 2 aliphatic rings. The summed E-state index contributed by atoms with van der Waals surface area (Å²) in [4.78, 5) is 16.1. The molecule has 0 saturated carbocycles. The number of hydrogen-bond donors (Lipinski definition) is 1. The SMILES string of the molecule is N#Cc1cn2c(NCc3c(F)ccc4c3CCO4)ncc(-c3ccc(N4CCCCC4)nc3)c2n1. The number of hydrogen-bond acceptors (Lipinski definition) is 7. The molecule has 176 valence electrons. The van der Waals surface area contributed by atoms with Crippen molar-refractivity contribution < 1.29 is 9.13 Å². The van der Waals surface area contributed by atoms with Crippen molar-refractivity contribution >= 4 is 17.4 Å². The summed E-state index contributed by atoms with van der Waals surface area (Å²) in [5.74, 6) is 1.90. The molecule has 1 N–H and O–H groups in total. The Morgan fingerprint density at radius 3 is 2.77 bits per heavy atom. The van der Waals surface area contributed by atoms with Gasteiger partial charge in [-0.25, -0.2) is 19.3 Å². The van der Waals surface area contributed by atoms with Crippen LogP contribution in [0.4, 0.5) is 16.2 Å². The normalized spacial score (nSPS) is 15.0. The fourth-order valence-corrected chi connectivity index (χ4v) is 4.89. The van der Waals surface area contributed by atoms with E-state index in [2.05, 4.69) is 31.2 Å². The van der Waals surface area contributed by atoms with Crippen LogP contribution < -0.4 is 15.0 Å². The summed E-state index contributed by atoms with van der Waals surface area (Å²) in [6.07, 6.45) is 9.52. The molecule has 0 bridgehead atoms. The Morgan fingerprint density at radius 2 is 1.97 bits per heavy atom. The van der Waals surface area contributed by atoms with Crippen molar-refractivity contribution in [3.8, 4) is 22.9 Å². The zero-order chi connectivity index (χ0) is 23.8. The summed E-state index contributed by atoms with van der Waals surface area (Å²) in [7, 11) is 0. The van der Waals surface area contributed by atoms with Gasteiger partial charge in [0, 0.05) is 60.7 Å². The first kappa shape index (κ1) is 21.4. The first-order valence-electron chi connectivity index (χ1n) is 11.9. The molecule has 0 spiro atoms. The Morgan fingerprint density at radius 1 is 1.09 bits per heavy atom. The van der Waals surface area contributed by atoms with Crippen molar-refractivity contribution in [1.82, 2.24) is 19.4 Å². The van der Waals surface area contributed by atoms with Crippen LogP contribution in [0.15, 0.2) is 42.9 Å². The lowest BCUT2D eigenvalue weighted by molar-refractivity contribution is 0.356. The zero-order valence-electron chi connectivity index (χ0n) is 19.2. The van der Waals surface area contributed by atoms with E-state index in [1.165, 1.54) is 25.3 Å². The van der Waals surface area contributed by atoms with Crippen LogP contribution in [0.2, 0.25) is 0 Å². The summed E-state index contributed by atoms with van der Waals surface area (Å²) in [5, 5.41) is 12.7. The summed E-state index contributed by atoms with van der Waals surface area (Å²) < 4.78 is 21.9. The number of anilines is 2. The van der Waals surface area contributed by atoms with Gasteiger partial charge in [0.15, 0.2) is 11.3 Å². The topological polar surface area (TPSA) is 91.4 Å². The van der Waals surface area contributed by atoms with Crippen molar-refractivity contribution in [3.63, 3.8) is 0 Å². The molecule has 8 nitrogen and oxygen atoms in total. The minimum Gasteiger partial charge on any atom is -0.493 e. The smallest absolute Gasteiger partial charge is 0.208 e. The zero-order valence-corrected chi connectivity index (χ0v) is 19.2. The highest BCUT2D eigenvalue weighted by atomic mass is 19.1. The van der Waals surface area contributed by atoms with E-state index in [1.54, 1.807) is 22.9 Å². The highest BCUT2D eigenvalue weighted by Gasteiger charge is 2.20. The third kappa shape index (κ3) is 3.91. The molecule has 35 heavy (non-hydrogen) atoms. The fourth-order valence-electron chi connectivity index (χ4n) is 4.89. The highest BCUT2D eigenvalue weighted by molar-refractivity contribution is 5.78. The predicted molar refractivity (Wildman–Crippen MR) is 130 cm³/mol. The van der Waals surface area contributed by atoms with Crippen molar-refractivity contribution in [2.45, 2.75) is 32.2 Å². The molecule has 0 aliphatic carbocycles. The standard InChI is InChI=1S/C26H24FN7O/c27-22-5-6-23-19(8-11-35-23)21(22)15-31-26-30-14-20(25-32-18(12-28)16-34(25)26)17-4-7-24(29-13-17)33-9-2-1-3-10-33/h4-7,13-14,16H,1-3,8-11,15H2,(H,30,31). The second-order valence-corrected chi connectivity index (χ2v) is 8.83. The Kier molecular flexibility index (Phi) is 5.41. The molecule has 0 unspecified atom stereocenters. The van der Waals surface area contributed by atoms with Gasteiger partial charge in [0.05, 0.1) is 12.8 Å². The maximum Gasteiger partial charge on any atom is 0.208 e. The molecule has 0 radical (unpaired) electrons. The maximum absolute atomic E-state index is 14.6. The van der Waals surface area contributed by atoms with Crippen molar-refractivity contribution in [3.05, 3.63) is 65.5 Å². The number of halogens is 1. The van der Waals surface area contributed by atoms with E-state index in [9.17, 15) is 9.65 Å². The number of nitriles is 1. The molecule has 9 heteroatoms. The summed E-state index contributed by atoms with van der Waals surface area (Å²) in [6, 6.07) is 9.25. The van der Waals surface area contributed by atoms with E-state index in [0.29, 0.717) is 30.2 Å². The molecule has 2 aliphatic heterocycles. The summed E-state index contributed by atoms with van der Waals surface area (Å²) >= 11 is 0. The molecule has 1 aromatic carbocycles. The average Bonchev–Trinajstić information content (AvgIpc) is 3.56. The lowest BCUT2D eigenvalue weighted by Crippen LogP contribution is -2.29. The number of aromatic nitrogens is 4. The van der Waals surface area contributed by atoms with Gasteiger partial charge in [-0.05, 0) is 43.5 Å². The highest BCUT2D eigenvalue weighted by Crippen LogP contribution is 2.31. The second kappa shape index (κ2) is 8.87. The summed E-state index contributed by atoms with van der Waals surface area (Å²) in [5.41, 5.74) is 3.96. The van der Waals surface area contributed by atoms with E-state index in [-0.39, 0.29) is 18.1 Å². The van der Waals surface area contributed by atoms with Gasteiger partial charge in [0.1, 0.15) is 23.5 Å². The number of rotatable bonds is 5. The third-order valence-corrected chi connectivity index (χ3v) is 6.71. The van der Waals surface area contributed by atoms with Gasteiger partial charge in [-0.15, -0.1) is 0 Å². The second-order valence-electron chi connectivity index (χ2n) is 8.83. The van der Waals surface area contributed by atoms with Gasteiger partial charge in [0.2, 0.25) is 5.95 Å². The Balaban J connectivity index is 1.32. The van der Waals surface area contributed by atoms with Gasteiger partial charge in [-0.3, -0.25) is 4.40 Å². The number of pyridine rings is 1. The van der Waals surface area contributed by atoms with Gasteiger partial charge in [0.25, 0.3) is 0 Å². The quantitative estimate of drug-likeness (QED) is 0.465. The van der Waals surface area contributed by atoms with E-state index in [4.69, 9.17) is 4.74 Å². The minimum atomic E-state index is -0.280. The first-order chi connectivity index (χ1) is 17.2. The van der Waals surface area contributed by atoms with Gasteiger partial charge in [-0.1, -0.05) is 0 Å². The lowest BCUT2D eigenvalue weighted by Gasteiger charge is -2.27. The third-order valence-electron chi connectivity index (χ3n) is 6.71. The number of fused-ring (bicyclic) bond motifs is 2. The Labute approximate surface area is 202 Å². The Hall–Kier alpha value is -4.19. The predicted octanol–water partition coefficient (Wildman–Crippen LogP) is 4.34.